The van der Waals surface area contributed by atoms with Crippen molar-refractivity contribution >= 4 is 20.7 Å². The van der Waals surface area contributed by atoms with Gasteiger partial charge in [0.05, 0.1) is 23.8 Å². The van der Waals surface area contributed by atoms with Gasteiger partial charge in [0.15, 0.2) is 0 Å². The molecule has 0 radical (unpaired) electrons. The number of para-hydroxylation sites is 1. The second-order valence-corrected chi connectivity index (χ2v) is 9.17. The Hall–Kier alpha value is -2.95. The van der Waals surface area contributed by atoms with Gasteiger partial charge in [-0.1, -0.05) is 12.1 Å². The molecule has 0 fully saturated rings. The van der Waals surface area contributed by atoms with Gasteiger partial charge in [0.25, 0.3) is 0 Å². The van der Waals surface area contributed by atoms with Crippen LogP contribution in [0.25, 0.3) is 22.2 Å². The Morgan fingerprint density at radius 3 is 2.42 bits per heavy atom. The van der Waals surface area contributed by atoms with Crippen molar-refractivity contribution in [2.45, 2.75) is 19.1 Å². The Labute approximate surface area is 175 Å². The first kappa shape index (κ1) is 22.7. The van der Waals surface area contributed by atoms with Crippen molar-refractivity contribution in [3.8, 4) is 17.0 Å². The lowest BCUT2D eigenvalue weighted by Crippen LogP contribution is -2.19. The Balaban J connectivity index is 2.27. The second kappa shape index (κ2) is 8.29. The molecule has 3 aromatic rings. The molecule has 0 saturated carbocycles. The van der Waals surface area contributed by atoms with Crippen LogP contribution in [-0.2, 0) is 22.6 Å². The topological polar surface area (TPSA) is 78.3 Å². The maximum atomic E-state index is 14.7. The van der Waals surface area contributed by atoms with Gasteiger partial charge in [-0.05, 0) is 30.7 Å². The predicted octanol–water partition coefficient (Wildman–Crippen LogP) is 3.66. The number of fused-ring (bicyclic) bond motifs is 1. The van der Waals surface area contributed by atoms with E-state index in [1.807, 2.05) is 0 Å². The minimum absolute atomic E-state index is 0.0117. The van der Waals surface area contributed by atoms with Crippen molar-refractivity contribution in [2.24, 2.45) is 0 Å². The SMILES string of the molecule is COc1cccc2c(=O)c(-c3cccc(C(F)(F)F)c3F)nn(CCCS(C)(=O)=O)c12. The zero-order valence-electron chi connectivity index (χ0n) is 16.5. The van der Waals surface area contributed by atoms with Crippen LogP contribution in [-0.4, -0.2) is 37.3 Å². The van der Waals surface area contributed by atoms with Crippen molar-refractivity contribution in [2.75, 3.05) is 19.1 Å². The molecule has 0 aliphatic rings. The highest BCUT2D eigenvalue weighted by atomic mass is 32.2. The predicted molar refractivity (Wildman–Crippen MR) is 107 cm³/mol. The molecule has 3 rings (SSSR count). The summed E-state index contributed by atoms with van der Waals surface area (Å²) in [5, 5.41) is 4.16. The molecule has 0 atom stereocenters. The van der Waals surface area contributed by atoms with Gasteiger partial charge < -0.3 is 4.74 Å². The van der Waals surface area contributed by atoms with Crippen molar-refractivity contribution in [3.05, 3.63) is 58.0 Å². The summed E-state index contributed by atoms with van der Waals surface area (Å²) in [5.74, 6) is -1.52. The summed E-state index contributed by atoms with van der Waals surface area (Å²) in [4.78, 5) is 13.0. The van der Waals surface area contributed by atoms with E-state index in [1.54, 1.807) is 6.07 Å². The molecule has 166 valence electrons. The van der Waals surface area contributed by atoms with Crippen LogP contribution in [0, 0.1) is 5.82 Å². The molecular weight excluding hydrogens is 440 g/mol. The number of hydrogen-bond donors (Lipinski definition) is 0. The van der Waals surface area contributed by atoms with Gasteiger partial charge >= 0.3 is 6.18 Å². The highest BCUT2D eigenvalue weighted by molar-refractivity contribution is 7.90. The highest BCUT2D eigenvalue weighted by Crippen LogP contribution is 2.35. The number of alkyl halides is 3. The molecule has 0 saturated heterocycles. The molecule has 0 amide bonds. The number of nitrogens with zero attached hydrogens (tertiary/aromatic N) is 2. The number of sulfone groups is 1. The summed E-state index contributed by atoms with van der Waals surface area (Å²) < 4.78 is 83.6. The van der Waals surface area contributed by atoms with Crippen LogP contribution < -0.4 is 10.2 Å². The molecule has 31 heavy (non-hydrogen) atoms. The minimum Gasteiger partial charge on any atom is -0.494 e. The van der Waals surface area contributed by atoms with Gasteiger partial charge in [0.2, 0.25) is 5.43 Å². The molecule has 0 spiro atoms. The Kier molecular flexibility index (Phi) is 6.08. The fraction of sp³-hybridized carbons (Fsp3) is 0.300. The summed E-state index contributed by atoms with van der Waals surface area (Å²) in [6.45, 7) is 0.0117. The average molecular weight is 458 g/mol. The number of halogens is 4. The third-order valence-corrected chi connectivity index (χ3v) is 5.63. The first-order valence-electron chi connectivity index (χ1n) is 9.05. The van der Waals surface area contributed by atoms with Crippen LogP contribution >= 0.6 is 0 Å². The second-order valence-electron chi connectivity index (χ2n) is 6.91. The largest absolute Gasteiger partial charge is 0.494 e. The molecule has 0 aliphatic carbocycles. The van der Waals surface area contributed by atoms with Crippen LogP contribution in [0.2, 0.25) is 0 Å². The number of methoxy groups -OCH3 is 1. The number of aryl methyl sites for hydroxylation is 1. The number of aromatic nitrogens is 2. The van der Waals surface area contributed by atoms with Gasteiger partial charge in [0.1, 0.15) is 32.6 Å². The molecule has 2 aromatic carbocycles. The van der Waals surface area contributed by atoms with E-state index in [0.717, 1.165) is 18.4 Å². The van der Waals surface area contributed by atoms with E-state index >= 15 is 0 Å². The molecule has 1 aromatic heterocycles. The zero-order valence-corrected chi connectivity index (χ0v) is 17.3. The molecule has 0 bridgehead atoms. The Bertz CT molecular complexity index is 1300. The van der Waals surface area contributed by atoms with Crippen LogP contribution in [0.4, 0.5) is 17.6 Å². The highest BCUT2D eigenvalue weighted by Gasteiger charge is 2.35. The van der Waals surface area contributed by atoms with Crippen molar-refractivity contribution in [3.63, 3.8) is 0 Å². The molecular formula is C20H18F4N2O4S. The quantitative estimate of drug-likeness (QED) is 0.527. The molecule has 6 nitrogen and oxygen atoms in total. The third kappa shape index (κ3) is 4.71. The average Bonchev–Trinajstić information content (AvgIpc) is 2.68. The van der Waals surface area contributed by atoms with Gasteiger partial charge in [-0.2, -0.15) is 18.3 Å². The van der Waals surface area contributed by atoms with E-state index in [1.165, 1.54) is 23.9 Å². The number of benzene rings is 2. The smallest absolute Gasteiger partial charge is 0.419 e. The summed E-state index contributed by atoms with van der Waals surface area (Å²) in [6.07, 6.45) is -3.77. The van der Waals surface area contributed by atoms with Crippen LogP contribution in [0.3, 0.4) is 0 Å². The van der Waals surface area contributed by atoms with Crippen molar-refractivity contribution in [1.82, 2.24) is 9.78 Å². The van der Waals surface area contributed by atoms with E-state index in [2.05, 4.69) is 5.10 Å². The van der Waals surface area contributed by atoms with Gasteiger partial charge in [0, 0.05) is 18.4 Å². The Morgan fingerprint density at radius 1 is 1.13 bits per heavy atom. The lowest BCUT2D eigenvalue weighted by molar-refractivity contribution is -0.139. The van der Waals surface area contributed by atoms with E-state index in [4.69, 9.17) is 4.74 Å². The van der Waals surface area contributed by atoms with Crippen molar-refractivity contribution < 1.29 is 30.7 Å². The minimum atomic E-state index is -4.95. The third-order valence-electron chi connectivity index (χ3n) is 4.60. The monoisotopic (exact) mass is 458 g/mol. The van der Waals surface area contributed by atoms with Crippen molar-refractivity contribution in [1.29, 1.82) is 0 Å². The summed E-state index contributed by atoms with van der Waals surface area (Å²) >= 11 is 0. The fourth-order valence-electron chi connectivity index (χ4n) is 3.23. The number of hydrogen-bond acceptors (Lipinski definition) is 5. The lowest BCUT2D eigenvalue weighted by atomic mass is 10.0. The van der Waals surface area contributed by atoms with Gasteiger partial charge in [-0.25, -0.2) is 12.8 Å². The lowest BCUT2D eigenvalue weighted by Gasteiger charge is -2.16. The number of ether oxygens (including phenoxy) is 1. The molecule has 0 unspecified atom stereocenters. The first-order valence-corrected chi connectivity index (χ1v) is 11.1. The molecule has 0 N–H and O–H groups in total. The van der Waals surface area contributed by atoms with Crippen LogP contribution in [0.15, 0.2) is 41.2 Å². The fourth-order valence-corrected chi connectivity index (χ4v) is 3.88. The normalized spacial score (nSPS) is 12.3. The van der Waals surface area contributed by atoms with E-state index < -0.39 is 44.1 Å². The van der Waals surface area contributed by atoms with E-state index in [-0.39, 0.29) is 35.4 Å². The van der Waals surface area contributed by atoms with Crippen LogP contribution in [0.5, 0.6) is 5.75 Å². The van der Waals surface area contributed by atoms with E-state index in [0.29, 0.717) is 6.07 Å². The van der Waals surface area contributed by atoms with E-state index in [9.17, 15) is 30.8 Å². The van der Waals surface area contributed by atoms with Gasteiger partial charge in [-0.3, -0.25) is 9.48 Å². The van der Waals surface area contributed by atoms with Gasteiger partial charge in [-0.15, -0.1) is 0 Å². The summed E-state index contributed by atoms with van der Waals surface area (Å²) in [5.41, 5.74) is -3.16. The summed E-state index contributed by atoms with van der Waals surface area (Å²) in [7, 11) is -1.92. The maximum Gasteiger partial charge on any atom is 0.419 e. The standard InChI is InChI=1S/C20H18F4N2O4S/c1-30-15-9-4-7-13-18(15)26(10-5-11-31(2,28)29)25-17(19(13)27)12-6-3-8-14(16(12)21)20(22,23)24/h3-4,6-9H,5,10-11H2,1-2H3. The van der Waals surface area contributed by atoms with Crippen LogP contribution in [0.1, 0.15) is 12.0 Å². The zero-order chi connectivity index (χ0) is 23.0. The summed E-state index contributed by atoms with van der Waals surface area (Å²) in [6, 6.07) is 7.10. The molecule has 0 aliphatic heterocycles. The molecule has 11 heteroatoms. The Morgan fingerprint density at radius 2 is 1.81 bits per heavy atom. The molecule has 1 heterocycles. The first-order chi connectivity index (χ1) is 14.4. The number of rotatable bonds is 6. The maximum absolute atomic E-state index is 14.7.